The van der Waals surface area contributed by atoms with Crippen molar-refractivity contribution in [2.24, 2.45) is 0 Å². The zero-order valence-electron chi connectivity index (χ0n) is 15.4. The van der Waals surface area contributed by atoms with Crippen LogP contribution in [0, 0.1) is 0 Å². The van der Waals surface area contributed by atoms with Crippen molar-refractivity contribution in [3.63, 3.8) is 0 Å². The molecule has 0 aliphatic heterocycles. The van der Waals surface area contributed by atoms with E-state index in [4.69, 9.17) is 4.74 Å². The number of carbonyl (C=O) groups is 1. The highest BCUT2D eigenvalue weighted by atomic mass is 79.9. The van der Waals surface area contributed by atoms with Crippen molar-refractivity contribution in [3.05, 3.63) is 81.3 Å². The second kappa shape index (κ2) is 9.32. The van der Waals surface area contributed by atoms with E-state index in [0.29, 0.717) is 31.0 Å². The quantitative estimate of drug-likeness (QED) is 0.608. The summed E-state index contributed by atoms with van der Waals surface area (Å²) < 4.78 is 7.62. The lowest BCUT2D eigenvalue weighted by Gasteiger charge is -2.09. The number of amides is 1. The van der Waals surface area contributed by atoms with Crippen LogP contribution < -0.4 is 15.6 Å². The summed E-state index contributed by atoms with van der Waals surface area (Å²) in [6, 6.07) is 16.1. The third-order valence-electron chi connectivity index (χ3n) is 4.10. The van der Waals surface area contributed by atoms with Crippen LogP contribution in [-0.4, -0.2) is 28.6 Å². The lowest BCUT2D eigenvalue weighted by molar-refractivity contribution is 0.0951. The maximum absolute atomic E-state index is 12.4. The molecule has 0 fully saturated rings. The summed E-state index contributed by atoms with van der Waals surface area (Å²) >= 11 is 3.35. The fraction of sp³-hybridized carbons (Fsp3) is 0.190. The van der Waals surface area contributed by atoms with Gasteiger partial charge in [0.1, 0.15) is 5.75 Å². The van der Waals surface area contributed by atoms with Crippen molar-refractivity contribution in [1.82, 2.24) is 14.9 Å². The molecule has 2 aromatic carbocycles. The standard InChI is InChI=1S/C21H20BrN3O3/c1-2-28-16-9-7-15(8-10-16)19-13-20(26)25(14-24-19)12-11-23-21(27)17-5-3-4-6-18(17)22/h3-10,13-14H,2,11-12H2,1H3,(H,23,27). The average molecular weight is 442 g/mol. The van der Waals surface area contributed by atoms with Gasteiger partial charge in [-0.2, -0.15) is 0 Å². The van der Waals surface area contributed by atoms with E-state index in [2.05, 4.69) is 26.2 Å². The molecule has 3 rings (SSSR count). The number of rotatable bonds is 7. The van der Waals surface area contributed by atoms with Gasteiger partial charge in [-0.15, -0.1) is 0 Å². The molecule has 1 heterocycles. The van der Waals surface area contributed by atoms with Gasteiger partial charge in [-0.1, -0.05) is 12.1 Å². The average Bonchev–Trinajstić information content (AvgIpc) is 2.70. The molecular formula is C21H20BrN3O3. The smallest absolute Gasteiger partial charge is 0.253 e. The van der Waals surface area contributed by atoms with E-state index in [-0.39, 0.29) is 11.5 Å². The number of ether oxygens (including phenoxy) is 1. The van der Waals surface area contributed by atoms with Crippen LogP contribution in [0.15, 0.2) is 70.2 Å². The van der Waals surface area contributed by atoms with Gasteiger partial charge in [0.15, 0.2) is 0 Å². The lowest BCUT2D eigenvalue weighted by Crippen LogP contribution is -2.31. The first kappa shape index (κ1) is 19.8. The SMILES string of the molecule is CCOc1ccc(-c2cc(=O)n(CCNC(=O)c3ccccc3Br)cn2)cc1. The van der Waals surface area contributed by atoms with E-state index in [0.717, 1.165) is 15.8 Å². The van der Waals surface area contributed by atoms with E-state index in [1.807, 2.05) is 43.3 Å². The van der Waals surface area contributed by atoms with Crippen molar-refractivity contribution >= 4 is 21.8 Å². The molecule has 6 nitrogen and oxygen atoms in total. The summed E-state index contributed by atoms with van der Waals surface area (Å²) in [5.74, 6) is 0.583. The minimum atomic E-state index is -0.195. The predicted molar refractivity (Wildman–Crippen MR) is 112 cm³/mol. The highest BCUT2D eigenvalue weighted by Crippen LogP contribution is 2.19. The highest BCUT2D eigenvalue weighted by Gasteiger charge is 2.09. The van der Waals surface area contributed by atoms with Crippen molar-refractivity contribution < 1.29 is 9.53 Å². The first-order valence-electron chi connectivity index (χ1n) is 8.91. The van der Waals surface area contributed by atoms with Gasteiger partial charge in [0.05, 0.1) is 24.2 Å². The Labute approximate surface area is 171 Å². The Morgan fingerprint density at radius 3 is 2.61 bits per heavy atom. The van der Waals surface area contributed by atoms with Crippen molar-refractivity contribution in [3.8, 4) is 17.0 Å². The molecule has 144 valence electrons. The van der Waals surface area contributed by atoms with Gasteiger partial charge in [0.25, 0.3) is 11.5 Å². The van der Waals surface area contributed by atoms with Gasteiger partial charge in [-0.05, 0) is 59.3 Å². The number of nitrogens with zero attached hydrogens (tertiary/aromatic N) is 2. The number of hydrogen-bond acceptors (Lipinski definition) is 4. The molecule has 28 heavy (non-hydrogen) atoms. The molecule has 0 unspecified atom stereocenters. The van der Waals surface area contributed by atoms with Crippen molar-refractivity contribution in [2.75, 3.05) is 13.2 Å². The fourth-order valence-corrected chi connectivity index (χ4v) is 3.14. The summed E-state index contributed by atoms with van der Waals surface area (Å²) in [7, 11) is 0. The Kier molecular flexibility index (Phi) is 6.60. The molecule has 1 amide bonds. The largest absolute Gasteiger partial charge is 0.494 e. The van der Waals surface area contributed by atoms with Crippen LogP contribution in [0.5, 0.6) is 5.75 Å². The van der Waals surface area contributed by atoms with E-state index in [1.165, 1.54) is 17.0 Å². The molecule has 3 aromatic rings. The lowest BCUT2D eigenvalue weighted by atomic mass is 10.1. The van der Waals surface area contributed by atoms with Crippen LogP contribution >= 0.6 is 15.9 Å². The number of carbonyl (C=O) groups excluding carboxylic acids is 1. The highest BCUT2D eigenvalue weighted by molar-refractivity contribution is 9.10. The molecule has 7 heteroatoms. The van der Waals surface area contributed by atoms with Crippen molar-refractivity contribution in [1.29, 1.82) is 0 Å². The Hall–Kier alpha value is -2.93. The molecule has 0 spiro atoms. The Morgan fingerprint density at radius 1 is 1.18 bits per heavy atom. The van der Waals surface area contributed by atoms with Crippen molar-refractivity contribution in [2.45, 2.75) is 13.5 Å². The topological polar surface area (TPSA) is 73.2 Å². The number of benzene rings is 2. The monoisotopic (exact) mass is 441 g/mol. The Bertz CT molecular complexity index is 1020. The van der Waals surface area contributed by atoms with E-state index in [1.54, 1.807) is 12.1 Å². The van der Waals surface area contributed by atoms with Crippen LogP contribution in [-0.2, 0) is 6.54 Å². The zero-order valence-corrected chi connectivity index (χ0v) is 17.0. The predicted octanol–water partition coefficient (Wildman–Crippen LogP) is 3.50. The molecule has 0 aliphatic carbocycles. The molecule has 1 N–H and O–H groups in total. The minimum absolute atomic E-state index is 0.172. The molecule has 0 aliphatic rings. The first-order valence-corrected chi connectivity index (χ1v) is 9.70. The van der Waals surface area contributed by atoms with Gasteiger partial charge in [-0.3, -0.25) is 14.2 Å². The molecule has 0 atom stereocenters. The minimum Gasteiger partial charge on any atom is -0.494 e. The summed E-state index contributed by atoms with van der Waals surface area (Å²) in [5, 5.41) is 2.81. The maximum atomic E-state index is 12.4. The number of nitrogens with one attached hydrogen (secondary N) is 1. The Morgan fingerprint density at radius 2 is 1.93 bits per heavy atom. The van der Waals surface area contributed by atoms with Crippen LogP contribution in [0.3, 0.4) is 0 Å². The van der Waals surface area contributed by atoms with Gasteiger partial charge in [-0.25, -0.2) is 4.98 Å². The number of halogens is 1. The van der Waals surface area contributed by atoms with E-state index >= 15 is 0 Å². The molecule has 0 saturated heterocycles. The van der Waals surface area contributed by atoms with Gasteiger partial charge in [0.2, 0.25) is 0 Å². The van der Waals surface area contributed by atoms with Gasteiger partial charge < -0.3 is 10.1 Å². The summed E-state index contributed by atoms with van der Waals surface area (Å²) in [5.41, 5.74) is 1.82. The molecule has 0 saturated carbocycles. The summed E-state index contributed by atoms with van der Waals surface area (Å²) in [6.45, 7) is 3.19. The molecule has 0 radical (unpaired) electrons. The van der Waals surface area contributed by atoms with Crippen LogP contribution in [0.4, 0.5) is 0 Å². The van der Waals surface area contributed by atoms with E-state index < -0.39 is 0 Å². The number of aromatic nitrogens is 2. The third-order valence-corrected chi connectivity index (χ3v) is 4.79. The molecular weight excluding hydrogens is 422 g/mol. The van der Waals surface area contributed by atoms with Crippen LogP contribution in [0.25, 0.3) is 11.3 Å². The fourth-order valence-electron chi connectivity index (χ4n) is 2.67. The maximum Gasteiger partial charge on any atom is 0.253 e. The van der Waals surface area contributed by atoms with E-state index in [9.17, 15) is 9.59 Å². The molecule has 1 aromatic heterocycles. The zero-order chi connectivity index (χ0) is 19.9. The summed E-state index contributed by atoms with van der Waals surface area (Å²) in [4.78, 5) is 28.9. The van der Waals surface area contributed by atoms with Crippen LogP contribution in [0.2, 0.25) is 0 Å². The van der Waals surface area contributed by atoms with Gasteiger partial charge in [0, 0.05) is 29.2 Å². The normalized spacial score (nSPS) is 10.5. The van der Waals surface area contributed by atoms with Gasteiger partial charge >= 0.3 is 0 Å². The first-order chi connectivity index (χ1) is 13.6. The second-order valence-electron chi connectivity index (χ2n) is 6.00. The molecule has 0 bridgehead atoms. The number of hydrogen-bond donors (Lipinski definition) is 1. The third kappa shape index (κ3) is 4.86. The Balaban J connectivity index is 1.62. The summed E-state index contributed by atoms with van der Waals surface area (Å²) in [6.07, 6.45) is 1.50. The second-order valence-corrected chi connectivity index (χ2v) is 6.85. The van der Waals surface area contributed by atoms with Crippen LogP contribution in [0.1, 0.15) is 17.3 Å².